The van der Waals surface area contributed by atoms with Crippen molar-refractivity contribution >= 4 is 6.09 Å². The Morgan fingerprint density at radius 2 is 1.86 bits per heavy atom. The predicted octanol–water partition coefficient (Wildman–Crippen LogP) is 3.39. The standard InChI is InChI=1S/C17H17NO3/c19-17(20)18-16-10-15(16)13-6-8-14(9-7-13)21-11-12-4-2-1-3-5-12/h1-9,15-16,18H,10-11H2,(H,19,20). The van der Waals surface area contributed by atoms with Crippen LogP contribution in [0.3, 0.4) is 0 Å². The lowest BCUT2D eigenvalue weighted by molar-refractivity contribution is 0.193. The van der Waals surface area contributed by atoms with Gasteiger partial charge in [0.05, 0.1) is 0 Å². The first-order chi connectivity index (χ1) is 10.2. The van der Waals surface area contributed by atoms with Crippen LogP contribution in [-0.4, -0.2) is 17.2 Å². The maximum Gasteiger partial charge on any atom is 0.404 e. The lowest BCUT2D eigenvalue weighted by Crippen LogP contribution is -2.24. The van der Waals surface area contributed by atoms with Crippen molar-refractivity contribution in [1.82, 2.24) is 5.32 Å². The third kappa shape index (κ3) is 3.54. The van der Waals surface area contributed by atoms with E-state index in [1.807, 2.05) is 54.6 Å². The smallest absolute Gasteiger partial charge is 0.404 e. The molecule has 0 radical (unpaired) electrons. The van der Waals surface area contributed by atoms with Gasteiger partial charge in [-0.25, -0.2) is 4.79 Å². The van der Waals surface area contributed by atoms with Gasteiger partial charge in [0.25, 0.3) is 0 Å². The summed E-state index contributed by atoms with van der Waals surface area (Å²) < 4.78 is 5.73. The van der Waals surface area contributed by atoms with E-state index in [0.717, 1.165) is 23.3 Å². The molecule has 4 heteroatoms. The van der Waals surface area contributed by atoms with Gasteiger partial charge >= 0.3 is 6.09 Å². The summed E-state index contributed by atoms with van der Waals surface area (Å²) in [6, 6.07) is 18.0. The van der Waals surface area contributed by atoms with E-state index in [9.17, 15) is 4.79 Å². The summed E-state index contributed by atoms with van der Waals surface area (Å²) in [5, 5.41) is 11.2. The average Bonchev–Trinajstić information content (AvgIpc) is 3.25. The zero-order valence-electron chi connectivity index (χ0n) is 11.5. The molecule has 21 heavy (non-hydrogen) atoms. The topological polar surface area (TPSA) is 58.6 Å². The molecule has 0 aromatic heterocycles. The van der Waals surface area contributed by atoms with Crippen molar-refractivity contribution in [3.05, 3.63) is 65.7 Å². The lowest BCUT2D eigenvalue weighted by atomic mass is 10.1. The molecule has 0 bridgehead atoms. The maximum absolute atomic E-state index is 10.6. The molecule has 2 atom stereocenters. The number of rotatable bonds is 5. The number of carbonyl (C=O) groups is 1. The van der Waals surface area contributed by atoms with Crippen LogP contribution in [0, 0.1) is 0 Å². The highest BCUT2D eigenvalue weighted by Gasteiger charge is 2.39. The second-order valence-electron chi connectivity index (χ2n) is 5.24. The van der Waals surface area contributed by atoms with E-state index in [2.05, 4.69) is 5.32 Å². The van der Waals surface area contributed by atoms with E-state index in [-0.39, 0.29) is 6.04 Å². The van der Waals surface area contributed by atoms with Gasteiger partial charge in [0.15, 0.2) is 0 Å². The molecule has 1 fully saturated rings. The monoisotopic (exact) mass is 283 g/mol. The molecule has 0 aliphatic heterocycles. The molecule has 1 amide bonds. The summed E-state index contributed by atoms with van der Waals surface area (Å²) in [6.45, 7) is 0.548. The van der Waals surface area contributed by atoms with Crippen molar-refractivity contribution in [3.63, 3.8) is 0 Å². The molecule has 0 heterocycles. The van der Waals surface area contributed by atoms with Crippen LogP contribution in [0.2, 0.25) is 0 Å². The van der Waals surface area contributed by atoms with Gasteiger partial charge in [0, 0.05) is 12.0 Å². The summed E-state index contributed by atoms with van der Waals surface area (Å²) in [4.78, 5) is 10.6. The van der Waals surface area contributed by atoms with E-state index < -0.39 is 6.09 Å². The van der Waals surface area contributed by atoms with Crippen LogP contribution < -0.4 is 10.1 Å². The first kappa shape index (κ1) is 13.5. The number of ether oxygens (including phenoxy) is 1. The Bertz CT molecular complexity index is 610. The summed E-state index contributed by atoms with van der Waals surface area (Å²) >= 11 is 0. The first-order valence-corrected chi connectivity index (χ1v) is 6.98. The number of benzene rings is 2. The van der Waals surface area contributed by atoms with Crippen LogP contribution in [0.5, 0.6) is 5.75 Å². The zero-order chi connectivity index (χ0) is 14.7. The Morgan fingerprint density at radius 3 is 2.52 bits per heavy atom. The lowest BCUT2D eigenvalue weighted by Gasteiger charge is -2.07. The molecule has 2 aromatic carbocycles. The van der Waals surface area contributed by atoms with Crippen LogP contribution in [0.4, 0.5) is 4.79 Å². The van der Waals surface area contributed by atoms with Gasteiger partial charge in [-0.3, -0.25) is 0 Å². The Hall–Kier alpha value is -2.49. The van der Waals surface area contributed by atoms with Gasteiger partial charge in [-0.15, -0.1) is 0 Å². The van der Waals surface area contributed by atoms with E-state index in [1.165, 1.54) is 0 Å². The van der Waals surface area contributed by atoms with Gasteiger partial charge in [-0.05, 0) is 29.7 Å². The quantitative estimate of drug-likeness (QED) is 0.884. The minimum Gasteiger partial charge on any atom is -0.489 e. The minimum absolute atomic E-state index is 0.0542. The predicted molar refractivity (Wildman–Crippen MR) is 79.5 cm³/mol. The molecule has 1 aliphatic rings. The molecule has 3 rings (SSSR count). The summed E-state index contributed by atoms with van der Waals surface area (Å²) in [5.41, 5.74) is 2.29. The SMILES string of the molecule is O=C(O)NC1CC1c1ccc(OCc2ccccc2)cc1. The maximum atomic E-state index is 10.6. The molecule has 0 saturated heterocycles. The van der Waals surface area contributed by atoms with E-state index in [1.54, 1.807) is 0 Å². The van der Waals surface area contributed by atoms with Gasteiger partial charge in [-0.2, -0.15) is 0 Å². The fourth-order valence-corrected chi connectivity index (χ4v) is 2.43. The van der Waals surface area contributed by atoms with Crippen molar-refractivity contribution in [3.8, 4) is 5.75 Å². The second-order valence-corrected chi connectivity index (χ2v) is 5.24. The molecule has 4 nitrogen and oxygen atoms in total. The molecular weight excluding hydrogens is 266 g/mol. The zero-order valence-corrected chi connectivity index (χ0v) is 11.5. The molecule has 1 saturated carbocycles. The summed E-state index contributed by atoms with van der Waals surface area (Å²) in [5.74, 6) is 1.12. The highest BCUT2D eigenvalue weighted by atomic mass is 16.5. The van der Waals surface area contributed by atoms with E-state index in [4.69, 9.17) is 9.84 Å². The van der Waals surface area contributed by atoms with Crippen molar-refractivity contribution < 1.29 is 14.6 Å². The molecule has 2 aromatic rings. The third-order valence-electron chi connectivity index (χ3n) is 3.66. The molecule has 2 N–H and O–H groups in total. The highest BCUT2D eigenvalue weighted by Crippen LogP contribution is 2.41. The van der Waals surface area contributed by atoms with Crippen molar-refractivity contribution in [2.45, 2.75) is 25.0 Å². The van der Waals surface area contributed by atoms with Crippen LogP contribution in [0.15, 0.2) is 54.6 Å². The fraction of sp³-hybridized carbons (Fsp3) is 0.235. The van der Waals surface area contributed by atoms with E-state index in [0.29, 0.717) is 12.5 Å². The fourth-order valence-electron chi connectivity index (χ4n) is 2.43. The minimum atomic E-state index is -0.953. The average molecular weight is 283 g/mol. The number of hydrogen-bond acceptors (Lipinski definition) is 2. The van der Waals surface area contributed by atoms with Gasteiger partial charge in [0.1, 0.15) is 12.4 Å². The number of carboxylic acid groups (broad SMARTS) is 1. The van der Waals surface area contributed by atoms with Gasteiger partial charge in [0.2, 0.25) is 0 Å². The number of nitrogens with one attached hydrogen (secondary N) is 1. The normalized spacial score (nSPS) is 19.8. The van der Waals surface area contributed by atoms with Crippen molar-refractivity contribution in [1.29, 1.82) is 0 Å². The largest absolute Gasteiger partial charge is 0.489 e. The molecule has 1 aliphatic carbocycles. The molecule has 0 spiro atoms. The molecule has 108 valence electrons. The molecular formula is C17H17NO3. The Morgan fingerprint density at radius 1 is 1.14 bits per heavy atom. The number of amides is 1. The van der Waals surface area contributed by atoms with Crippen LogP contribution >= 0.6 is 0 Å². The number of hydrogen-bond donors (Lipinski definition) is 2. The Labute approximate surface area is 123 Å². The van der Waals surface area contributed by atoms with Crippen molar-refractivity contribution in [2.75, 3.05) is 0 Å². The summed E-state index contributed by atoms with van der Waals surface area (Å²) in [6.07, 6.45) is -0.0819. The second kappa shape index (κ2) is 5.87. The van der Waals surface area contributed by atoms with Crippen molar-refractivity contribution in [2.24, 2.45) is 0 Å². The highest BCUT2D eigenvalue weighted by molar-refractivity contribution is 5.65. The van der Waals surface area contributed by atoms with Gasteiger partial charge < -0.3 is 15.2 Å². The van der Waals surface area contributed by atoms with Crippen LogP contribution in [0.25, 0.3) is 0 Å². The van der Waals surface area contributed by atoms with E-state index >= 15 is 0 Å². The Kier molecular flexibility index (Phi) is 3.77. The Balaban J connectivity index is 1.54. The van der Waals surface area contributed by atoms with Crippen LogP contribution in [0.1, 0.15) is 23.5 Å². The summed E-state index contributed by atoms with van der Waals surface area (Å²) in [7, 11) is 0. The third-order valence-corrected chi connectivity index (χ3v) is 3.66. The van der Waals surface area contributed by atoms with Crippen LogP contribution in [-0.2, 0) is 6.61 Å². The van der Waals surface area contributed by atoms with Gasteiger partial charge in [-0.1, -0.05) is 42.5 Å². The molecule has 2 unspecified atom stereocenters. The first-order valence-electron chi connectivity index (χ1n) is 6.98.